The van der Waals surface area contributed by atoms with Crippen molar-refractivity contribution in [2.24, 2.45) is 5.73 Å². The molecular weight excluding hydrogens is 560 g/mol. The van der Waals surface area contributed by atoms with Gasteiger partial charge in [0.15, 0.2) is 0 Å². The van der Waals surface area contributed by atoms with Crippen molar-refractivity contribution in [3.63, 3.8) is 0 Å². The summed E-state index contributed by atoms with van der Waals surface area (Å²) >= 11 is 12.4. The van der Waals surface area contributed by atoms with Crippen LogP contribution in [0.1, 0.15) is 85.6 Å². The molecule has 5 N–H and O–H groups in total. The van der Waals surface area contributed by atoms with Gasteiger partial charge in [0.25, 0.3) is 5.91 Å². The Morgan fingerprint density at radius 2 is 1.73 bits per heavy atom. The summed E-state index contributed by atoms with van der Waals surface area (Å²) in [5, 5.41) is 30.6. The SMILES string of the molecule is CCC.CCCCC(C)c1cc(-c2cc(C(N)=O)ccc2Cl)cnc1N(C(=O)c1c(F)cccc1Cl)C(O)(O)O. The van der Waals surface area contributed by atoms with E-state index in [1.165, 1.54) is 42.9 Å². The Labute approximate surface area is 243 Å². The minimum atomic E-state index is -3.75. The van der Waals surface area contributed by atoms with Crippen molar-refractivity contribution in [2.45, 2.75) is 65.4 Å². The van der Waals surface area contributed by atoms with Gasteiger partial charge in [-0.15, -0.1) is 0 Å². The molecule has 0 aliphatic rings. The topological polar surface area (TPSA) is 137 Å². The second-order valence-corrected chi connectivity index (χ2v) is 10.1. The van der Waals surface area contributed by atoms with Crippen LogP contribution in [0.25, 0.3) is 11.1 Å². The van der Waals surface area contributed by atoms with Gasteiger partial charge in [0.05, 0.1) is 10.6 Å². The molecule has 3 rings (SSSR count). The first-order valence-electron chi connectivity index (χ1n) is 12.8. The molecule has 0 fully saturated rings. The second kappa shape index (κ2) is 14.5. The number of aliphatic hydroxyl groups is 3. The van der Waals surface area contributed by atoms with Crippen LogP contribution in [-0.4, -0.2) is 38.2 Å². The van der Waals surface area contributed by atoms with Crippen molar-refractivity contribution in [2.75, 3.05) is 4.90 Å². The van der Waals surface area contributed by atoms with E-state index in [4.69, 9.17) is 28.9 Å². The molecular formula is C29H34Cl2FN3O5. The average molecular weight is 595 g/mol. The maximum Gasteiger partial charge on any atom is 0.377 e. The normalized spacial score (nSPS) is 11.8. The van der Waals surface area contributed by atoms with Gasteiger partial charge >= 0.3 is 6.10 Å². The molecule has 40 heavy (non-hydrogen) atoms. The number of pyridine rings is 1. The van der Waals surface area contributed by atoms with Crippen molar-refractivity contribution in [1.29, 1.82) is 0 Å². The van der Waals surface area contributed by atoms with Crippen LogP contribution >= 0.6 is 23.2 Å². The largest absolute Gasteiger partial charge is 0.377 e. The Morgan fingerprint density at radius 1 is 1.07 bits per heavy atom. The zero-order chi connectivity index (χ0) is 30.2. The lowest BCUT2D eigenvalue weighted by molar-refractivity contribution is -0.304. The van der Waals surface area contributed by atoms with E-state index in [2.05, 4.69) is 18.8 Å². The minimum absolute atomic E-state index is 0.167. The molecule has 1 aromatic heterocycles. The number of rotatable bonds is 9. The van der Waals surface area contributed by atoms with Crippen LogP contribution in [0, 0.1) is 5.82 Å². The molecule has 0 aliphatic heterocycles. The summed E-state index contributed by atoms with van der Waals surface area (Å²) < 4.78 is 14.6. The van der Waals surface area contributed by atoms with Crippen LogP contribution < -0.4 is 10.6 Å². The zero-order valence-corrected chi connectivity index (χ0v) is 24.3. The Balaban J connectivity index is 0.00000178. The van der Waals surface area contributed by atoms with Crippen LogP contribution in [0.3, 0.4) is 0 Å². The van der Waals surface area contributed by atoms with Crippen molar-refractivity contribution in [3.8, 4) is 11.1 Å². The molecule has 1 atom stereocenters. The van der Waals surface area contributed by atoms with Gasteiger partial charge in [-0.25, -0.2) is 14.3 Å². The fourth-order valence-electron chi connectivity index (χ4n) is 3.93. The number of carbonyl (C=O) groups excluding carboxylic acids is 2. The lowest BCUT2D eigenvalue weighted by Gasteiger charge is -2.32. The predicted octanol–water partition coefficient (Wildman–Crippen LogP) is 6.24. The molecule has 1 unspecified atom stereocenters. The van der Waals surface area contributed by atoms with Crippen molar-refractivity contribution < 1.29 is 29.3 Å². The highest BCUT2D eigenvalue weighted by Gasteiger charge is 2.40. The summed E-state index contributed by atoms with van der Waals surface area (Å²) in [6.45, 7) is 8.07. The van der Waals surface area contributed by atoms with Crippen molar-refractivity contribution in [1.82, 2.24) is 4.98 Å². The number of unbranched alkanes of at least 4 members (excludes halogenated alkanes) is 1. The van der Waals surface area contributed by atoms with Gasteiger partial charge in [-0.05, 0) is 54.3 Å². The fraction of sp³-hybridized carbons (Fsp3) is 0.345. The zero-order valence-electron chi connectivity index (χ0n) is 22.8. The third kappa shape index (κ3) is 7.99. The first-order valence-corrected chi connectivity index (χ1v) is 13.6. The summed E-state index contributed by atoms with van der Waals surface area (Å²) in [7, 11) is 0. The lowest BCUT2D eigenvalue weighted by Crippen LogP contribution is -2.53. The third-order valence-corrected chi connectivity index (χ3v) is 6.51. The minimum Gasteiger partial charge on any atom is -0.366 e. The van der Waals surface area contributed by atoms with Crippen LogP contribution in [0.5, 0.6) is 0 Å². The second-order valence-electron chi connectivity index (χ2n) is 9.28. The van der Waals surface area contributed by atoms with Crippen molar-refractivity contribution >= 4 is 40.8 Å². The number of nitrogens with zero attached hydrogens (tertiary/aromatic N) is 2. The van der Waals surface area contributed by atoms with Gasteiger partial charge in [-0.3, -0.25) is 9.59 Å². The molecule has 1 heterocycles. The molecule has 2 aromatic carbocycles. The van der Waals surface area contributed by atoms with Crippen LogP contribution in [0.2, 0.25) is 10.0 Å². The van der Waals surface area contributed by atoms with E-state index in [1.807, 2.05) is 13.8 Å². The van der Waals surface area contributed by atoms with Crippen LogP contribution in [0.4, 0.5) is 10.2 Å². The third-order valence-electron chi connectivity index (χ3n) is 5.87. The molecule has 0 spiro atoms. The number of carbonyl (C=O) groups is 2. The van der Waals surface area contributed by atoms with Gasteiger partial charge in [-0.1, -0.05) is 76.2 Å². The Morgan fingerprint density at radius 3 is 2.27 bits per heavy atom. The molecule has 11 heteroatoms. The summed E-state index contributed by atoms with van der Waals surface area (Å²) in [5.74, 6) is -3.66. The van der Waals surface area contributed by atoms with E-state index in [0.717, 1.165) is 18.9 Å². The van der Waals surface area contributed by atoms with Gasteiger partial charge in [-0.2, -0.15) is 0 Å². The van der Waals surface area contributed by atoms with E-state index in [-0.39, 0.29) is 27.2 Å². The number of aromatic nitrogens is 1. The standard InChI is InChI=1S/C26H26Cl2FN3O5.C3H8/c1-3-4-6-14(2)17-12-16(18-11-15(23(30)33)9-10-19(18)27)13-31-24(17)32(26(35,36)37)25(34)22-20(28)7-5-8-21(22)29;1-3-2/h5,7-14,35-37H,3-4,6H2,1-2H3,(H2,30,33);3H2,1-2H3. The monoisotopic (exact) mass is 593 g/mol. The fourth-order valence-corrected chi connectivity index (χ4v) is 4.40. The number of primary amides is 1. The quantitative estimate of drug-likeness (QED) is 0.217. The molecule has 0 saturated heterocycles. The smallest absolute Gasteiger partial charge is 0.366 e. The number of anilines is 1. The number of nitrogens with two attached hydrogens (primary N) is 1. The van der Waals surface area contributed by atoms with Crippen LogP contribution in [0.15, 0.2) is 48.7 Å². The molecule has 0 radical (unpaired) electrons. The first-order chi connectivity index (χ1) is 18.8. The highest BCUT2D eigenvalue weighted by molar-refractivity contribution is 6.34. The lowest BCUT2D eigenvalue weighted by atomic mass is 9.92. The number of benzene rings is 2. The van der Waals surface area contributed by atoms with Gasteiger partial charge in [0, 0.05) is 27.9 Å². The summed E-state index contributed by atoms with van der Waals surface area (Å²) in [4.78, 5) is 29.5. The van der Waals surface area contributed by atoms with E-state index < -0.39 is 29.3 Å². The Hall–Kier alpha value is -3.08. The van der Waals surface area contributed by atoms with E-state index >= 15 is 0 Å². The maximum atomic E-state index is 14.6. The summed E-state index contributed by atoms with van der Waals surface area (Å²) in [5.41, 5.74) is 6.11. The first kappa shape index (κ1) is 33.1. The molecule has 0 bridgehead atoms. The molecule has 216 valence electrons. The van der Waals surface area contributed by atoms with Gasteiger partial charge in [0.1, 0.15) is 11.6 Å². The Kier molecular flexibility index (Phi) is 12.0. The highest BCUT2D eigenvalue weighted by Crippen LogP contribution is 2.38. The number of hydrogen-bond donors (Lipinski definition) is 4. The molecule has 0 aliphatic carbocycles. The van der Waals surface area contributed by atoms with Crippen molar-refractivity contribution in [3.05, 3.63) is 81.2 Å². The number of hydrogen-bond acceptors (Lipinski definition) is 6. The summed E-state index contributed by atoms with van der Waals surface area (Å²) in [6, 6.07) is 9.55. The molecule has 2 amide bonds. The van der Waals surface area contributed by atoms with E-state index in [0.29, 0.717) is 28.1 Å². The Bertz CT molecular complexity index is 1330. The van der Waals surface area contributed by atoms with E-state index in [9.17, 15) is 29.3 Å². The maximum absolute atomic E-state index is 14.6. The highest BCUT2D eigenvalue weighted by atomic mass is 35.5. The van der Waals surface area contributed by atoms with Crippen LogP contribution in [-0.2, 0) is 0 Å². The predicted molar refractivity (Wildman–Crippen MR) is 155 cm³/mol. The average Bonchev–Trinajstić information content (AvgIpc) is 2.87. The summed E-state index contributed by atoms with van der Waals surface area (Å²) in [6.07, 6.45) is 1.03. The molecule has 8 nitrogen and oxygen atoms in total. The number of halogens is 3. The molecule has 0 saturated carbocycles. The molecule has 3 aromatic rings. The number of amides is 2. The van der Waals surface area contributed by atoms with Gasteiger partial charge in [0.2, 0.25) is 5.91 Å². The van der Waals surface area contributed by atoms with E-state index in [1.54, 1.807) is 6.07 Å². The van der Waals surface area contributed by atoms with Gasteiger partial charge < -0.3 is 21.1 Å².